The van der Waals surface area contributed by atoms with Gasteiger partial charge in [0.25, 0.3) is 0 Å². The van der Waals surface area contributed by atoms with Gasteiger partial charge in [-0.2, -0.15) is 8.78 Å². The fourth-order valence-corrected chi connectivity index (χ4v) is 1.58. The van der Waals surface area contributed by atoms with Crippen LogP contribution in [0.3, 0.4) is 0 Å². The number of hydrogen-bond acceptors (Lipinski definition) is 2. The van der Waals surface area contributed by atoms with Gasteiger partial charge < -0.3 is 10.5 Å². The lowest BCUT2D eigenvalue weighted by Crippen LogP contribution is -2.39. The maximum absolute atomic E-state index is 11.8. The van der Waals surface area contributed by atoms with Gasteiger partial charge >= 0.3 is 6.61 Å². The molecular weight excluding hydrogens is 152 g/mol. The third-order valence-electron chi connectivity index (χ3n) is 2.23. The zero-order chi connectivity index (χ0) is 8.32. The Morgan fingerprint density at radius 3 is 2.27 bits per heavy atom. The molecule has 11 heavy (non-hydrogen) atoms. The highest BCUT2D eigenvalue weighted by Crippen LogP contribution is 2.33. The molecule has 1 fully saturated rings. The number of nitrogens with two attached hydrogens (primary N) is 1. The number of rotatable bonds is 3. The van der Waals surface area contributed by atoms with E-state index in [1.54, 1.807) is 0 Å². The molecule has 1 rings (SSSR count). The summed E-state index contributed by atoms with van der Waals surface area (Å²) in [7, 11) is 0. The van der Waals surface area contributed by atoms with Gasteiger partial charge in [-0.15, -0.1) is 0 Å². The molecule has 1 saturated carbocycles. The molecule has 0 aliphatic heterocycles. The number of ether oxygens (including phenoxy) is 1. The summed E-state index contributed by atoms with van der Waals surface area (Å²) in [6.45, 7) is -2.48. The van der Waals surface area contributed by atoms with Gasteiger partial charge in [-0.1, -0.05) is 12.8 Å². The Hall–Kier alpha value is -0.220. The topological polar surface area (TPSA) is 35.2 Å². The second kappa shape index (κ2) is 3.45. The fourth-order valence-electron chi connectivity index (χ4n) is 1.58. The molecule has 2 nitrogen and oxygen atoms in total. The van der Waals surface area contributed by atoms with E-state index in [1.165, 1.54) is 0 Å². The Morgan fingerprint density at radius 2 is 1.91 bits per heavy atom. The van der Waals surface area contributed by atoms with Gasteiger partial charge in [0.1, 0.15) is 0 Å². The van der Waals surface area contributed by atoms with Crippen molar-refractivity contribution in [3.8, 4) is 0 Å². The van der Waals surface area contributed by atoms with E-state index >= 15 is 0 Å². The van der Waals surface area contributed by atoms with E-state index in [1.807, 2.05) is 0 Å². The molecule has 0 radical (unpaired) electrons. The van der Waals surface area contributed by atoms with Crippen molar-refractivity contribution in [2.45, 2.75) is 37.9 Å². The van der Waals surface area contributed by atoms with E-state index in [4.69, 9.17) is 5.73 Å². The van der Waals surface area contributed by atoms with Gasteiger partial charge in [0.05, 0.1) is 5.60 Å². The molecular formula is C7H13F2NO. The van der Waals surface area contributed by atoms with Crippen LogP contribution >= 0.6 is 0 Å². The monoisotopic (exact) mass is 165 g/mol. The molecule has 2 N–H and O–H groups in total. The largest absolute Gasteiger partial charge is 0.345 e. The third kappa shape index (κ3) is 2.10. The van der Waals surface area contributed by atoms with Gasteiger partial charge in [-0.05, 0) is 12.8 Å². The summed E-state index contributed by atoms with van der Waals surface area (Å²) >= 11 is 0. The Kier molecular flexibility index (Phi) is 2.78. The van der Waals surface area contributed by atoms with Crippen LogP contribution in [0.2, 0.25) is 0 Å². The van der Waals surface area contributed by atoms with Gasteiger partial charge in [0, 0.05) is 6.54 Å². The van der Waals surface area contributed by atoms with Crippen LogP contribution in [0.4, 0.5) is 8.78 Å². The minimum atomic E-state index is -2.68. The minimum Gasteiger partial charge on any atom is -0.328 e. The zero-order valence-corrected chi connectivity index (χ0v) is 6.35. The van der Waals surface area contributed by atoms with Crippen LogP contribution in [0, 0.1) is 0 Å². The third-order valence-corrected chi connectivity index (χ3v) is 2.23. The molecule has 0 atom stereocenters. The Bertz CT molecular complexity index is 124. The van der Waals surface area contributed by atoms with Crippen molar-refractivity contribution in [2.24, 2.45) is 5.73 Å². The second-order valence-corrected chi connectivity index (χ2v) is 2.97. The molecule has 0 saturated heterocycles. The standard InChI is InChI=1S/C7H13F2NO/c8-6(9)11-7(5-10)3-1-2-4-7/h6H,1-5,10H2. The summed E-state index contributed by atoms with van der Waals surface area (Å²) in [5, 5.41) is 0. The average molecular weight is 165 g/mol. The molecule has 0 aromatic rings. The Balaban J connectivity index is 2.45. The average Bonchev–Trinajstić information content (AvgIpc) is 2.36. The van der Waals surface area contributed by atoms with E-state index in [0.29, 0.717) is 12.8 Å². The maximum Gasteiger partial charge on any atom is 0.345 e. The summed E-state index contributed by atoms with van der Waals surface area (Å²) in [5.74, 6) is 0. The lowest BCUT2D eigenvalue weighted by Gasteiger charge is -2.26. The van der Waals surface area contributed by atoms with Crippen molar-refractivity contribution in [1.82, 2.24) is 0 Å². The van der Waals surface area contributed by atoms with Gasteiger partial charge in [0.2, 0.25) is 0 Å². The van der Waals surface area contributed by atoms with Crippen molar-refractivity contribution in [3.63, 3.8) is 0 Å². The first-order valence-electron chi connectivity index (χ1n) is 3.85. The molecule has 0 unspecified atom stereocenters. The van der Waals surface area contributed by atoms with Crippen LogP contribution < -0.4 is 5.73 Å². The molecule has 0 heterocycles. The van der Waals surface area contributed by atoms with Crippen molar-refractivity contribution in [3.05, 3.63) is 0 Å². The SMILES string of the molecule is NCC1(OC(F)F)CCCC1. The smallest absolute Gasteiger partial charge is 0.328 e. The lowest BCUT2D eigenvalue weighted by atomic mass is 10.0. The summed E-state index contributed by atoms with van der Waals surface area (Å²) in [6.07, 6.45) is 3.25. The summed E-state index contributed by atoms with van der Waals surface area (Å²) in [6, 6.07) is 0. The Morgan fingerprint density at radius 1 is 1.36 bits per heavy atom. The molecule has 1 aliphatic carbocycles. The normalized spacial score (nSPS) is 22.9. The van der Waals surface area contributed by atoms with Crippen LogP contribution in [-0.4, -0.2) is 18.8 Å². The highest BCUT2D eigenvalue weighted by atomic mass is 19.3. The van der Waals surface area contributed by atoms with E-state index in [0.717, 1.165) is 12.8 Å². The highest BCUT2D eigenvalue weighted by Gasteiger charge is 2.35. The summed E-state index contributed by atoms with van der Waals surface area (Å²) < 4.78 is 28.2. The molecule has 0 aromatic heterocycles. The molecule has 0 aromatic carbocycles. The van der Waals surface area contributed by atoms with Crippen LogP contribution in [0.15, 0.2) is 0 Å². The summed E-state index contributed by atoms with van der Waals surface area (Å²) in [5.41, 5.74) is 4.64. The van der Waals surface area contributed by atoms with Gasteiger partial charge in [0.15, 0.2) is 0 Å². The first-order valence-corrected chi connectivity index (χ1v) is 3.85. The van der Waals surface area contributed by atoms with Gasteiger partial charge in [-0.25, -0.2) is 0 Å². The first kappa shape index (κ1) is 8.87. The number of halogens is 2. The van der Waals surface area contributed by atoms with Crippen molar-refractivity contribution < 1.29 is 13.5 Å². The van der Waals surface area contributed by atoms with Crippen LogP contribution in [0.1, 0.15) is 25.7 Å². The number of alkyl halides is 2. The molecule has 1 aliphatic rings. The van der Waals surface area contributed by atoms with E-state index < -0.39 is 12.2 Å². The number of hydrogen-bond donors (Lipinski definition) is 1. The van der Waals surface area contributed by atoms with E-state index in [9.17, 15) is 8.78 Å². The van der Waals surface area contributed by atoms with Gasteiger partial charge in [-0.3, -0.25) is 0 Å². The summed E-state index contributed by atoms with van der Waals surface area (Å²) in [4.78, 5) is 0. The van der Waals surface area contributed by atoms with Crippen LogP contribution in [0.5, 0.6) is 0 Å². The van der Waals surface area contributed by atoms with E-state index in [2.05, 4.69) is 4.74 Å². The first-order chi connectivity index (χ1) is 5.18. The predicted octanol–water partition coefficient (Wildman–Crippen LogP) is 1.50. The fraction of sp³-hybridized carbons (Fsp3) is 1.00. The zero-order valence-electron chi connectivity index (χ0n) is 6.35. The second-order valence-electron chi connectivity index (χ2n) is 2.97. The van der Waals surface area contributed by atoms with Crippen molar-refractivity contribution in [2.75, 3.05) is 6.54 Å². The predicted molar refractivity (Wildman–Crippen MR) is 37.3 cm³/mol. The highest BCUT2D eigenvalue weighted by molar-refractivity contribution is 4.87. The molecule has 0 amide bonds. The van der Waals surface area contributed by atoms with Crippen molar-refractivity contribution >= 4 is 0 Å². The molecule has 66 valence electrons. The van der Waals surface area contributed by atoms with Crippen molar-refractivity contribution in [1.29, 1.82) is 0 Å². The lowest BCUT2D eigenvalue weighted by molar-refractivity contribution is -0.203. The minimum absolute atomic E-state index is 0.206. The Labute approximate surface area is 64.7 Å². The molecule has 0 spiro atoms. The molecule has 4 heteroatoms. The molecule has 0 bridgehead atoms. The maximum atomic E-state index is 11.8. The van der Waals surface area contributed by atoms with Crippen LogP contribution in [0.25, 0.3) is 0 Å². The quantitative estimate of drug-likeness (QED) is 0.687. The van der Waals surface area contributed by atoms with E-state index in [-0.39, 0.29) is 6.54 Å². The van der Waals surface area contributed by atoms with Crippen LogP contribution in [-0.2, 0) is 4.74 Å².